The number of carbonyl (C=O) groups is 1. The van der Waals surface area contributed by atoms with Gasteiger partial charge in [-0.1, -0.05) is 42.1 Å². The normalized spacial score (nSPS) is 17.0. The summed E-state index contributed by atoms with van der Waals surface area (Å²) in [5.41, 5.74) is 5.51. The van der Waals surface area contributed by atoms with Crippen molar-refractivity contribution in [2.45, 2.75) is 13.8 Å². The van der Waals surface area contributed by atoms with Crippen molar-refractivity contribution in [1.29, 1.82) is 5.41 Å². The maximum absolute atomic E-state index is 13.4. The first-order valence-corrected chi connectivity index (χ1v) is 10.9. The Morgan fingerprint density at radius 3 is 2.50 bits per heavy atom. The first-order valence-electron chi connectivity index (χ1n) is 10.0. The molecule has 0 radical (unpaired) electrons. The zero-order valence-electron chi connectivity index (χ0n) is 17.5. The Hall–Kier alpha value is -3.71. The third-order valence-corrected chi connectivity index (χ3v) is 6.36. The summed E-state index contributed by atoms with van der Waals surface area (Å²) in [6.07, 6.45) is 1.72. The minimum Gasteiger partial charge on any atom is -0.318 e. The standard InChI is InChI=1S/C25H19FN4OS/c1-15-12-18(16(2)29(15)20-10-8-19(26)9-11-20)13-21-23(27)30-22(17-6-4-3-5-7-17)14-32-25(30)28-24(21)31/h3-14,27H,1-2H3/b21-13-,27-23?. The number of amidine groups is 2. The van der Waals surface area contributed by atoms with Gasteiger partial charge in [0.1, 0.15) is 11.7 Å². The molecular weight excluding hydrogens is 423 g/mol. The van der Waals surface area contributed by atoms with Crippen LogP contribution in [0.1, 0.15) is 22.5 Å². The number of rotatable bonds is 3. The predicted molar refractivity (Wildman–Crippen MR) is 127 cm³/mol. The Kier molecular flexibility index (Phi) is 4.90. The number of nitrogens with zero attached hydrogens (tertiary/aromatic N) is 3. The number of nitrogens with one attached hydrogen (secondary N) is 1. The quantitative estimate of drug-likeness (QED) is 0.542. The van der Waals surface area contributed by atoms with E-state index in [0.29, 0.717) is 5.17 Å². The fraction of sp³-hybridized carbons (Fsp3) is 0.0800. The van der Waals surface area contributed by atoms with Crippen molar-refractivity contribution in [2.75, 3.05) is 0 Å². The monoisotopic (exact) mass is 442 g/mol. The molecule has 5 nitrogen and oxygen atoms in total. The maximum atomic E-state index is 13.4. The molecule has 2 aliphatic rings. The number of aromatic nitrogens is 1. The number of aliphatic imine (C=N–C) groups is 1. The average molecular weight is 443 g/mol. The minimum atomic E-state index is -0.428. The zero-order chi connectivity index (χ0) is 22.4. The smallest absolute Gasteiger partial charge is 0.283 e. The Morgan fingerprint density at radius 1 is 1.06 bits per heavy atom. The summed E-state index contributed by atoms with van der Waals surface area (Å²) in [6.45, 7) is 3.89. The highest BCUT2D eigenvalue weighted by Gasteiger charge is 2.36. The van der Waals surface area contributed by atoms with E-state index in [1.54, 1.807) is 23.1 Å². The summed E-state index contributed by atoms with van der Waals surface area (Å²) in [5.74, 6) is -0.617. The van der Waals surface area contributed by atoms with Crippen molar-refractivity contribution in [3.63, 3.8) is 0 Å². The fourth-order valence-corrected chi connectivity index (χ4v) is 4.88. The number of thioether (sulfide) groups is 1. The van der Waals surface area contributed by atoms with Crippen molar-refractivity contribution < 1.29 is 9.18 Å². The lowest BCUT2D eigenvalue weighted by atomic mass is 10.1. The lowest BCUT2D eigenvalue weighted by molar-refractivity contribution is -0.114. The van der Waals surface area contributed by atoms with Crippen LogP contribution in [0.5, 0.6) is 0 Å². The number of benzene rings is 2. The maximum Gasteiger partial charge on any atom is 0.283 e. The summed E-state index contributed by atoms with van der Waals surface area (Å²) in [4.78, 5) is 18.7. The molecule has 2 aromatic carbocycles. The number of amides is 1. The lowest BCUT2D eigenvalue weighted by Crippen LogP contribution is -2.38. The number of carbonyl (C=O) groups excluding carboxylic acids is 1. The summed E-state index contributed by atoms with van der Waals surface area (Å²) in [5, 5.41) is 11.2. The van der Waals surface area contributed by atoms with E-state index in [9.17, 15) is 9.18 Å². The molecule has 0 unspecified atom stereocenters. The van der Waals surface area contributed by atoms with E-state index in [4.69, 9.17) is 5.41 Å². The van der Waals surface area contributed by atoms with Gasteiger partial charge in [0.15, 0.2) is 5.17 Å². The van der Waals surface area contributed by atoms with Gasteiger partial charge >= 0.3 is 0 Å². The van der Waals surface area contributed by atoms with E-state index in [2.05, 4.69) is 4.99 Å². The molecule has 0 bridgehead atoms. The van der Waals surface area contributed by atoms with Gasteiger partial charge < -0.3 is 4.57 Å². The van der Waals surface area contributed by atoms with E-state index in [1.807, 2.05) is 60.2 Å². The highest BCUT2D eigenvalue weighted by atomic mass is 32.2. The van der Waals surface area contributed by atoms with Gasteiger partial charge in [0, 0.05) is 22.5 Å². The molecule has 3 heterocycles. The lowest BCUT2D eigenvalue weighted by Gasteiger charge is -2.26. The van der Waals surface area contributed by atoms with E-state index in [0.717, 1.165) is 33.9 Å². The Bertz CT molecular complexity index is 1350. The van der Waals surface area contributed by atoms with Gasteiger partial charge in [-0.3, -0.25) is 15.1 Å². The van der Waals surface area contributed by atoms with E-state index < -0.39 is 5.91 Å². The van der Waals surface area contributed by atoms with Gasteiger partial charge in [-0.05, 0) is 61.4 Å². The number of hydrogen-bond donors (Lipinski definition) is 1. The highest BCUT2D eigenvalue weighted by molar-refractivity contribution is 8.17. The minimum absolute atomic E-state index is 0.103. The third-order valence-electron chi connectivity index (χ3n) is 5.54. The van der Waals surface area contributed by atoms with Gasteiger partial charge in [0.2, 0.25) is 0 Å². The average Bonchev–Trinajstić information content (AvgIpc) is 3.33. The Morgan fingerprint density at radius 2 is 1.78 bits per heavy atom. The second-order valence-electron chi connectivity index (χ2n) is 7.57. The molecule has 5 rings (SSSR count). The molecule has 2 aliphatic heterocycles. The third kappa shape index (κ3) is 3.31. The largest absolute Gasteiger partial charge is 0.318 e. The topological polar surface area (TPSA) is 61.5 Å². The van der Waals surface area contributed by atoms with Crippen molar-refractivity contribution in [2.24, 2.45) is 4.99 Å². The Labute approximate surface area is 189 Å². The van der Waals surface area contributed by atoms with Crippen LogP contribution in [0.2, 0.25) is 0 Å². The molecule has 1 aromatic heterocycles. The molecule has 0 aliphatic carbocycles. The molecule has 0 spiro atoms. The van der Waals surface area contributed by atoms with E-state index in [1.165, 1.54) is 23.9 Å². The summed E-state index contributed by atoms with van der Waals surface area (Å²) in [7, 11) is 0. The summed E-state index contributed by atoms with van der Waals surface area (Å²) < 4.78 is 15.4. The van der Waals surface area contributed by atoms with Gasteiger partial charge in [-0.15, -0.1) is 0 Å². The van der Waals surface area contributed by atoms with Crippen LogP contribution >= 0.6 is 11.8 Å². The van der Waals surface area contributed by atoms with Gasteiger partial charge in [-0.2, -0.15) is 4.99 Å². The predicted octanol–water partition coefficient (Wildman–Crippen LogP) is 5.54. The van der Waals surface area contributed by atoms with E-state index >= 15 is 0 Å². The van der Waals surface area contributed by atoms with Crippen molar-refractivity contribution >= 4 is 40.4 Å². The zero-order valence-corrected chi connectivity index (χ0v) is 18.3. The molecule has 0 saturated heterocycles. The van der Waals surface area contributed by atoms with Crippen molar-refractivity contribution in [1.82, 2.24) is 9.47 Å². The van der Waals surface area contributed by atoms with Gasteiger partial charge in [0.05, 0.1) is 11.3 Å². The van der Waals surface area contributed by atoms with Crippen LogP contribution in [0.4, 0.5) is 4.39 Å². The van der Waals surface area contributed by atoms with Crippen LogP contribution in [0.25, 0.3) is 17.5 Å². The van der Waals surface area contributed by atoms with Crippen LogP contribution in [0.3, 0.4) is 0 Å². The fourth-order valence-electron chi connectivity index (χ4n) is 3.99. The van der Waals surface area contributed by atoms with Crippen molar-refractivity contribution in [3.05, 3.63) is 100.0 Å². The second kappa shape index (κ2) is 7.76. The first-order chi connectivity index (χ1) is 15.4. The van der Waals surface area contributed by atoms with Crippen molar-refractivity contribution in [3.8, 4) is 5.69 Å². The highest BCUT2D eigenvalue weighted by Crippen LogP contribution is 2.37. The van der Waals surface area contributed by atoms with Crippen LogP contribution in [0.15, 0.2) is 76.6 Å². The Balaban J connectivity index is 1.55. The van der Waals surface area contributed by atoms with Gasteiger partial charge in [-0.25, -0.2) is 4.39 Å². The van der Waals surface area contributed by atoms with Crippen LogP contribution in [-0.2, 0) is 4.79 Å². The van der Waals surface area contributed by atoms with Crippen LogP contribution in [0, 0.1) is 25.1 Å². The molecule has 158 valence electrons. The SMILES string of the molecule is Cc1cc(/C=C2/C(=N)N3C(c4ccccc4)=CSC3=NC2=O)c(C)n1-c1ccc(F)cc1. The molecular formula is C25H19FN4OS. The summed E-state index contributed by atoms with van der Waals surface area (Å²) >= 11 is 1.34. The summed E-state index contributed by atoms with van der Waals surface area (Å²) in [6, 6.07) is 18.0. The van der Waals surface area contributed by atoms with E-state index in [-0.39, 0.29) is 17.2 Å². The number of aryl methyl sites for hydroxylation is 1. The first kappa shape index (κ1) is 20.2. The number of fused-ring (bicyclic) bond motifs is 1. The number of hydrogen-bond acceptors (Lipinski definition) is 3. The van der Waals surface area contributed by atoms with Gasteiger partial charge in [0.25, 0.3) is 5.91 Å². The molecule has 32 heavy (non-hydrogen) atoms. The molecule has 0 fully saturated rings. The molecule has 7 heteroatoms. The molecule has 3 aromatic rings. The number of halogens is 1. The molecule has 1 amide bonds. The molecule has 0 saturated carbocycles. The van der Waals surface area contributed by atoms with Crippen LogP contribution in [-0.4, -0.2) is 26.4 Å². The molecule has 0 atom stereocenters. The molecule has 1 N–H and O–H groups in total. The second-order valence-corrected chi connectivity index (χ2v) is 8.40. The van der Waals surface area contributed by atoms with Crippen LogP contribution < -0.4 is 0 Å².